The molecule has 8 nitrogen and oxygen atoms in total. The van der Waals surface area contributed by atoms with Crippen LogP contribution in [-0.2, 0) is 23.8 Å². The Labute approximate surface area is 144 Å². The highest BCUT2D eigenvalue weighted by molar-refractivity contribution is 6.03. The Balaban J connectivity index is 2.73. The van der Waals surface area contributed by atoms with E-state index in [9.17, 15) is 14.9 Å². The summed E-state index contributed by atoms with van der Waals surface area (Å²) in [4.78, 5) is 25.7. The molecule has 0 radical (unpaired) electrons. The van der Waals surface area contributed by atoms with Crippen molar-refractivity contribution in [1.82, 2.24) is 0 Å². The number of carbonyl (C=O) groups is 2. The molecule has 0 atom stereocenters. The minimum atomic E-state index is -0.753. The lowest BCUT2D eigenvalue weighted by atomic mass is 10.0. The van der Waals surface area contributed by atoms with Gasteiger partial charge in [-0.05, 0) is 24.6 Å². The van der Waals surface area contributed by atoms with E-state index in [2.05, 4.69) is 0 Å². The van der Waals surface area contributed by atoms with Crippen molar-refractivity contribution in [3.05, 3.63) is 40.1 Å². The maximum Gasteiger partial charge on any atom is 0.355 e. The number of nitrogens with zero attached hydrogens (tertiary/aromatic N) is 3. The number of benzene rings is 1. The maximum absolute atomic E-state index is 12.3. The summed E-state index contributed by atoms with van der Waals surface area (Å²) in [6.45, 7) is 1.51. The van der Waals surface area contributed by atoms with E-state index in [4.69, 9.17) is 19.5 Å². The fraction of sp³-hybridized carbons (Fsp3) is 0.294. The van der Waals surface area contributed by atoms with Gasteiger partial charge in [-0.2, -0.15) is 10.5 Å². The third-order valence-electron chi connectivity index (χ3n) is 3.65. The minimum absolute atomic E-state index is 0.00625. The molecule has 1 aromatic rings. The van der Waals surface area contributed by atoms with Gasteiger partial charge in [0.2, 0.25) is 0 Å². The molecule has 1 heterocycles. The molecule has 8 heteroatoms. The molecule has 0 aliphatic carbocycles. The van der Waals surface area contributed by atoms with E-state index in [0.717, 1.165) is 0 Å². The van der Waals surface area contributed by atoms with Crippen molar-refractivity contribution in [2.24, 2.45) is 0 Å². The second-order valence-corrected chi connectivity index (χ2v) is 5.13. The number of hydrogen-bond acceptors (Lipinski definition) is 8. The van der Waals surface area contributed by atoms with Gasteiger partial charge in [-0.25, -0.2) is 9.59 Å². The summed E-state index contributed by atoms with van der Waals surface area (Å²) >= 11 is 0. The molecule has 1 aliphatic rings. The van der Waals surface area contributed by atoms with E-state index < -0.39 is 11.9 Å². The zero-order valence-corrected chi connectivity index (χ0v) is 14.0. The van der Waals surface area contributed by atoms with Gasteiger partial charge in [0, 0.05) is 0 Å². The van der Waals surface area contributed by atoms with Crippen LogP contribution in [0.15, 0.2) is 23.4 Å². The molecule has 0 fully saturated rings. The van der Waals surface area contributed by atoms with E-state index in [1.807, 2.05) is 12.1 Å². The van der Waals surface area contributed by atoms with Crippen molar-refractivity contribution in [3.8, 4) is 12.1 Å². The number of carbonyl (C=O) groups excluding carboxylic acids is 2. The summed E-state index contributed by atoms with van der Waals surface area (Å²) < 4.78 is 14.9. The van der Waals surface area contributed by atoms with E-state index in [1.54, 1.807) is 13.0 Å². The molecule has 0 bridgehead atoms. The quantitative estimate of drug-likeness (QED) is 0.752. The predicted molar refractivity (Wildman–Crippen MR) is 85.0 cm³/mol. The summed E-state index contributed by atoms with van der Waals surface area (Å²) in [6.07, 6.45) is 0. The fourth-order valence-corrected chi connectivity index (χ4v) is 2.61. The summed E-state index contributed by atoms with van der Waals surface area (Å²) in [7, 11) is 2.38. The molecule has 1 aromatic carbocycles. The highest BCUT2D eigenvalue weighted by Crippen LogP contribution is 2.33. The lowest BCUT2D eigenvalue weighted by molar-refractivity contribution is -0.140. The second kappa shape index (κ2) is 7.47. The van der Waals surface area contributed by atoms with E-state index >= 15 is 0 Å². The number of anilines is 1. The lowest BCUT2D eigenvalue weighted by Crippen LogP contribution is -2.39. The number of nitriles is 2. The number of rotatable bonds is 3. The molecular weight excluding hydrogens is 326 g/mol. The van der Waals surface area contributed by atoms with Gasteiger partial charge in [0.25, 0.3) is 0 Å². The monoisotopic (exact) mass is 341 g/mol. The molecule has 25 heavy (non-hydrogen) atoms. The van der Waals surface area contributed by atoms with E-state index in [1.165, 1.54) is 25.2 Å². The Morgan fingerprint density at radius 2 is 1.84 bits per heavy atom. The van der Waals surface area contributed by atoms with Crippen LogP contribution in [0.4, 0.5) is 5.69 Å². The van der Waals surface area contributed by atoms with Crippen LogP contribution in [0.5, 0.6) is 0 Å². The topological polar surface area (TPSA) is 113 Å². The van der Waals surface area contributed by atoms with Crippen molar-refractivity contribution in [3.63, 3.8) is 0 Å². The van der Waals surface area contributed by atoms with Gasteiger partial charge in [-0.15, -0.1) is 0 Å². The Kier molecular flexibility index (Phi) is 5.38. The number of ether oxygens (including phenoxy) is 3. The van der Waals surface area contributed by atoms with Gasteiger partial charge in [0.1, 0.15) is 18.5 Å². The minimum Gasteiger partial charge on any atom is -0.466 e. The van der Waals surface area contributed by atoms with Crippen LogP contribution >= 0.6 is 0 Å². The Morgan fingerprint density at radius 1 is 1.16 bits per heavy atom. The van der Waals surface area contributed by atoms with Gasteiger partial charge >= 0.3 is 11.9 Å². The van der Waals surface area contributed by atoms with Gasteiger partial charge < -0.3 is 19.1 Å². The lowest BCUT2D eigenvalue weighted by Gasteiger charge is -2.32. The fourth-order valence-electron chi connectivity index (χ4n) is 2.61. The number of esters is 2. The summed E-state index contributed by atoms with van der Waals surface area (Å²) in [6, 6.07) is 6.97. The van der Waals surface area contributed by atoms with E-state index in [-0.39, 0.29) is 30.2 Å². The van der Waals surface area contributed by atoms with Crippen molar-refractivity contribution in [2.75, 3.05) is 32.5 Å². The third-order valence-corrected chi connectivity index (χ3v) is 3.65. The smallest absolute Gasteiger partial charge is 0.355 e. The zero-order valence-electron chi connectivity index (χ0n) is 14.0. The van der Waals surface area contributed by atoms with Crippen LogP contribution in [0.3, 0.4) is 0 Å². The Hall–Kier alpha value is -3.36. The van der Waals surface area contributed by atoms with Crippen LogP contribution in [0.2, 0.25) is 0 Å². The molecule has 1 aliphatic heterocycles. The zero-order chi connectivity index (χ0) is 18.6. The van der Waals surface area contributed by atoms with Crippen LogP contribution in [-0.4, -0.2) is 39.5 Å². The SMILES string of the molecule is COC(=O)C1=C(C(=O)OC)N(c2c(C)cc(C#N)cc2C#N)COC1. The Bertz CT molecular complexity index is 845. The molecule has 128 valence electrons. The summed E-state index contributed by atoms with van der Waals surface area (Å²) in [5.74, 6) is -1.48. The van der Waals surface area contributed by atoms with Gasteiger partial charge in [0.15, 0.2) is 0 Å². The third kappa shape index (κ3) is 3.30. The molecule has 0 aromatic heterocycles. The van der Waals surface area contributed by atoms with Crippen molar-refractivity contribution >= 4 is 17.6 Å². The first-order valence-corrected chi connectivity index (χ1v) is 7.18. The average molecular weight is 341 g/mol. The highest BCUT2D eigenvalue weighted by atomic mass is 16.5. The van der Waals surface area contributed by atoms with Crippen molar-refractivity contribution in [2.45, 2.75) is 6.92 Å². The van der Waals surface area contributed by atoms with Crippen LogP contribution in [0, 0.1) is 29.6 Å². The molecule has 0 unspecified atom stereocenters. The first-order valence-electron chi connectivity index (χ1n) is 7.18. The molecule has 0 saturated carbocycles. The first kappa shape index (κ1) is 18.0. The Morgan fingerprint density at radius 3 is 2.40 bits per heavy atom. The highest BCUT2D eigenvalue weighted by Gasteiger charge is 2.34. The van der Waals surface area contributed by atoms with Crippen LogP contribution in [0.1, 0.15) is 16.7 Å². The molecule has 0 amide bonds. The molecule has 0 N–H and O–H groups in total. The molecule has 0 saturated heterocycles. The normalized spacial score (nSPS) is 13.7. The maximum atomic E-state index is 12.3. The molecule has 0 spiro atoms. The molecular formula is C17H15N3O5. The summed E-state index contributed by atoms with van der Waals surface area (Å²) in [5.41, 5.74) is 1.37. The summed E-state index contributed by atoms with van der Waals surface area (Å²) in [5, 5.41) is 18.5. The van der Waals surface area contributed by atoms with Gasteiger partial charge in [-0.3, -0.25) is 0 Å². The van der Waals surface area contributed by atoms with Crippen LogP contribution in [0.25, 0.3) is 0 Å². The second-order valence-electron chi connectivity index (χ2n) is 5.13. The number of aryl methyl sites for hydroxylation is 1. The van der Waals surface area contributed by atoms with Crippen molar-refractivity contribution in [1.29, 1.82) is 10.5 Å². The van der Waals surface area contributed by atoms with Crippen LogP contribution < -0.4 is 4.90 Å². The van der Waals surface area contributed by atoms with Gasteiger partial charge in [-0.1, -0.05) is 0 Å². The van der Waals surface area contributed by atoms with Crippen molar-refractivity contribution < 1.29 is 23.8 Å². The number of methoxy groups -OCH3 is 2. The standard InChI is InChI=1S/C17H15N3O5/c1-10-4-11(6-18)5-12(7-19)14(10)20-9-25-8-13(16(21)23-2)15(20)17(22)24-3/h4-5H,8-9H2,1-3H3. The van der Waals surface area contributed by atoms with Gasteiger partial charge in [0.05, 0.1) is 49.3 Å². The largest absolute Gasteiger partial charge is 0.466 e. The average Bonchev–Trinajstić information content (AvgIpc) is 2.65. The number of hydrogen-bond donors (Lipinski definition) is 0. The predicted octanol–water partition coefficient (Wildman–Crippen LogP) is 1.13. The first-order chi connectivity index (χ1) is 12.0. The molecule has 2 rings (SSSR count). The van der Waals surface area contributed by atoms with E-state index in [0.29, 0.717) is 16.8 Å².